The lowest BCUT2D eigenvalue weighted by atomic mass is 10.1. The van der Waals surface area contributed by atoms with E-state index in [0.29, 0.717) is 28.2 Å². The first kappa shape index (κ1) is 35.2. The number of hydrogen-bond acceptors (Lipinski definition) is 5. The Morgan fingerprint density at radius 2 is 1.61 bits per heavy atom. The summed E-state index contributed by atoms with van der Waals surface area (Å²) in [5, 5.41) is 4.76. The van der Waals surface area contributed by atoms with Crippen molar-refractivity contribution in [3.8, 4) is 0 Å². The zero-order valence-electron chi connectivity index (χ0n) is 25.1. The lowest BCUT2D eigenvalue weighted by molar-refractivity contribution is -0.704. The van der Waals surface area contributed by atoms with Crippen LogP contribution in [0.5, 0.6) is 0 Å². The zero-order valence-corrected chi connectivity index (χ0v) is 28.2. The molecule has 12 heteroatoms. The fourth-order valence-corrected chi connectivity index (χ4v) is 5.42. The van der Waals surface area contributed by atoms with Gasteiger partial charge < -0.3 is 14.6 Å². The predicted molar refractivity (Wildman–Crippen MR) is 179 cm³/mol. The van der Waals surface area contributed by atoms with Crippen molar-refractivity contribution in [1.82, 2.24) is 4.57 Å². The molecule has 1 N–H and O–H groups in total. The number of carbonyl (C=O) groups is 1. The van der Waals surface area contributed by atoms with Gasteiger partial charge in [0, 0.05) is 20.8 Å². The van der Waals surface area contributed by atoms with Crippen molar-refractivity contribution in [1.29, 1.82) is 0 Å². The first-order valence-electron chi connectivity index (χ1n) is 14.1. The molecule has 0 aliphatic rings. The fraction of sp³-hybridized carbons (Fsp3) is 0.176. The number of carbonyl (C=O) groups excluding carboxylic acids is 1. The van der Waals surface area contributed by atoms with E-state index in [2.05, 4.69) is 5.32 Å². The van der Waals surface area contributed by atoms with E-state index in [1.165, 1.54) is 12.1 Å². The van der Waals surface area contributed by atoms with Gasteiger partial charge in [0.25, 0.3) is 5.91 Å². The zero-order chi connectivity index (χ0) is 33.3. The summed E-state index contributed by atoms with van der Waals surface area (Å²) < 4.78 is 41.3. The molecule has 4 aromatic carbocycles. The number of ether oxygens (including phenoxy) is 1. The Morgan fingerprint density at radius 1 is 0.935 bits per heavy atom. The van der Waals surface area contributed by atoms with Gasteiger partial charge in [-0.2, -0.15) is 0 Å². The van der Waals surface area contributed by atoms with E-state index in [-0.39, 0.29) is 23.5 Å². The highest BCUT2D eigenvalue weighted by atomic mass is 35.5. The number of hydrogen-bond donors (Lipinski definition) is 1. The number of aryl methyl sites for hydroxylation is 2. The molecule has 1 aromatic heterocycles. The lowest BCUT2D eigenvalue weighted by Gasteiger charge is -2.17. The van der Waals surface area contributed by atoms with Crippen molar-refractivity contribution >= 4 is 56.5 Å². The third-order valence-corrected chi connectivity index (χ3v) is 8.56. The first-order chi connectivity index (χ1) is 21.9. The Balaban J connectivity index is 0.000000369. The molecule has 46 heavy (non-hydrogen) atoms. The molecule has 0 saturated carbocycles. The maximum absolute atomic E-state index is 12.5. The number of para-hydroxylation sites is 1. The fourth-order valence-electron chi connectivity index (χ4n) is 4.37. The molecule has 1 amide bonds. The van der Waals surface area contributed by atoms with Crippen LogP contribution in [0.4, 0.5) is 5.69 Å². The summed E-state index contributed by atoms with van der Waals surface area (Å²) >= 11 is 18.4. The summed E-state index contributed by atoms with van der Waals surface area (Å²) in [7, 11) is -4.27. The number of nitrogens with one attached hydrogen (secondary N) is 1. The molecule has 1 unspecified atom stereocenters. The van der Waals surface area contributed by atoms with Gasteiger partial charge in [0.1, 0.15) is 35.2 Å². The summed E-state index contributed by atoms with van der Waals surface area (Å²) in [6.07, 6.45) is 5.41. The highest BCUT2D eigenvalue weighted by Crippen LogP contribution is 2.26. The van der Waals surface area contributed by atoms with Crippen LogP contribution < -0.4 is 9.88 Å². The van der Waals surface area contributed by atoms with Gasteiger partial charge in [-0.25, -0.2) is 17.6 Å². The summed E-state index contributed by atoms with van der Waals surface area (Å²) in [4.78, 5) is 12.4. The molecule has 0 spiro atoms. The number of halogens is 3. The van der Waals surface area contributed by atoms with E-state index in [0.717, 1.165) is 27.9 Å². The molecule has 0 fully saturated rings. The van der Waals surface area contributed by atoms with Crippen LogP contribution in [0.1, 0.15) is 28.4 Å². The second kappa shape index (κ2) is 16.2. The number of anilines is 1. The van der Waals surface area contributed by atoms with Gasteiger partial charge in [-0.3, -0.25) is 4.79 Å². The van der Waals surface area contributed by atoms with Gasteiger partial charge in [-0.05, 0) is 73.0 Å². The van der Waals surface area contributed by atoms with Gasteiger partial charge in [0.05, 0.1) is 11.5 Å². The number of nitrogens with zero attached hydrogens (tertiary/aromatic N) is 2. The quantitative estimate of drug-likeness (QED) is 0.120. The number of amides is 1. The molecule has 0 bridgehead atoms. The molecule has 240 valence electrons. The smallest absolute Gasteiger partial charge is 0.266 e. The SMILES string of the molecule is Cc1ccc(S(=O)(=O)[O-])cc1.Cc1ccccc1NC(=O)Cn1cc[n+](CC(OCc2ccc(Cl)cc2Cl)c2ccc(Cl)cc2)c1. The second-order valence-corrected chi connectivity index (χ2v) is 13.2. The van der Waals surface area contributed by atoms with Crippen LogP contribution >= 0.6 is 34.8 Å². The van der Waals surface area contributed by atoms with Crippen LogP contribution in [0.3, 0.4) is 0 Å². The third-order valence-electron chi connectivity index (χ3n) is 6.87. The average Bonchev–Trinajstić information content (AvgIpc) is 3.44. The topological polar surface area (TPSA) is 104 Å². The first-order valence-corrected chi connectivity index (χ1v) is 16.7. The van der Waals surface area contributed by atoms with Crippen molar-refractivity contribution < 1.29 is 27.1 Å². The van der Waals surface area contributed by atoms with Crippen molar-refractivity contribution in [2.24, 2.45) is 0 Å². The van der Waals surface area contributed by atoms with Crippen LogP contribution in [-0.4, -0.2) is 23.4 Å². The van der Waals surface area contributed by atoms with E-state index in [4.69, 9.17) is 39.5 Å². The number of benzene rings is 4. The van der Waals surface area contributed by atoms with Crippen LogP contribution in [0.15, 0.2) is 115 Å². The average molecular weight is 701 g/mol. The molecular weight excluding hydrogens is 669 g/mol. The Bertz CT molecular complexity index is 1880. The molecule has 1 atom stereocenters. The monoisotopic (exact) mass is 699 g/mol. The minimum atomic E-state index is -4.27. The minimum absolute atomic E-state index is 0.0927. The Hall–Kier alpha value is -3.70. The molecular formula is C34H32Cl3N3O5S. The van der Waals surface area contributed by atoms with Crippen molar-refractivity contribution in [2.75, 3.05) is 5.32 Å². The normalized spacial score (nSPS) is 11.8. The standard InChI is InChI=1S/C27H24Cl3N3O2.C7H8O3S/c1-19-4-2-3-5-25(19)31-27(34)16-33-13-12-32(18-33)15-26(20-6-9-22(28)10-7-20)35-17-21-8-11-23(29)14-24(21)30;1-6-2-4-7(5-3-6)11(8,9)10/h2-14,18,26H,15-17H2,1H3;2-5H,1H3,(H,8,9,10). The largest absolute Gasteiger partial charge is 0.744 e. The predicted octanol–water partition coefficient (Wildman–Crippen LogP) is 7.54. The molecule has 0 aliphatic carbocycles. The highest BCUT2D eigenvalue weighted by molar-refractivity contribution is 7.85. The Labute approximate surface area is 283 Å². The molecule has 0 radical (unpaired) electrons. The Kier molecular flexibility index (Phi) is 12.4. The summed E-state index contributed by atoms with van der Waals surface area (Å²) in [6, 6.07) is 26.4. The third kappa shape index (κ3) is 10.7. The van der Waals surface area contributed by atoms with Crippen molar-refractivity contribution in [3.63, 3.8) is 0 Å². The van der Waals surface area contributed by atoms with E-state index in [1.54, 1.807) is 24.3 Å². The van der Waals surface area contributed by atoms with E-state index in [9.17, 15) is 17.8 Å². The van der Waals surface area contributed by atoms with E-state index >= 15 is 0 Å². The van der Waals surface area contributed by atoms with Gasteiger partial charge >= 0.3 is 0 Å². The summed E-state index contributed by atoms with van der Waals surface area (Å²) in [5.74, 6) is -0.0927. The van der Waals surface area contributed by atoms with Gasteiger partial charge in [0.15, 0.2) is 6.54 Å². The van der Waals surface area contributed by atoms with E-state index < -0.39 is 10.1 Å². The highest BCUT2D eigenvalue weighted by Gasteiger charge is 2.19. The number of rotatable bonds is 10. The molecule has 1 heterocycles. The van der Waals surface area contributed by atoms with Gasteiger partial charge in [-0.15, -0.1) is 0 Å². The van der Waals surface area contributed by atoms with Crippen molar-refractivity contribution in [2.45, 2.75) is 44.5 Å². The van der Waals surface area contributed by atoms with Crippen LogP contribution in [0.25, 0.3) is 0 Å². The van der Waals surface area contributed by atoms with Crippen LogP contribution in [0, 0.1) is 13.8 Å². The Morgan fingerprint density at radius 3 is 2.26 bits per heavy atom. The maximum Gasteiger partial charge on any atom is 0.266 e. The number of imidazole rings is 1. The minimum Gasteiger partial charge on any atom is -0.744 e. The summed E-state index contributed by atoms with van der Waals surface area (Å²) in [6.45, 7) is 4.85. The lowest BCUT2D eigenvalue weighted by Crippen LogP contribution is -2.35. The van der Waals surface area contributed by atoms with E-state index in [1.807, 2.05) is 96.3 Å². The maximum atomic E-state index is 12.5. The molecule has 5 rings (SSSR count). The van der Waals surface area contributed by atoms with Gasteiger partial charge in [-0.1, -0.05) is 88.9 Å². The van der Waals surface area contributed by atoms with Crippen LogP contribution in [0.2, 0.25) is 15.1 Å². The van der Waals surface area contributed by atoms with Gasteiger partial charge in [0.2, 0.25) is 6.33 Å². The molecule has 8 nitrogen and oxygen atoms in total. The summed E-state index contributed by atoms with van der Waals surface area (Å²) in [5.41, 5.74) is 4.60. The molecule has 0 aliphatic heterocycles. The second-order valence-electron chi connectivity index (χ2n) is 10.5. The van der Waals surface area contributed by atoms with Crippen molar-refractivity contribution in [3.05, 3.63) is 147 Å². The van der Waals surface area contributed by atoms with Crippen LogP contribution in [-0.2, 0) is 39.3 Å². The molecule has 0 saturated heterocycles. The number of aromatic nitrogens is 2. The molecule has 5 aromatic rings.